The van der Waals surface area contributed by atoms with E-state index in [1.807, 2.05) is 31.2 Å². The van der Waals surface area contributed by atoms with Gasteiger partial charge in [0.2, 0.25) is 0 Å². The number of hydrogen-bond donors (Lipinski definition) is 3. The molecule has 3 rings (SSSR count). The fourth-order valence-electron chi connectivity index (χ4n) is 2.86. The molecule has 3 aromatic rings. The van der Waals surface area contributed by atoms with Crippen molar-refractivity contribution in [1.29, 1.82) is 0 Å². The molecule has 2 aromatic carbocycles. The smallest absolute Gasteiger partial charge is 0.191 e. The maximum absolute atomic E-state index is 13.2. The number of halogens is 2. The summed E-state index contributed by atoms with van der Waals surface area (Å²) in [6, 6.07) is 14.2. The summed E-state index contributed by atoms with van der Waals surface area (Å²) in [6.07, 6.45) is 1.66. The Morgan fingerprint density at radius 1 is 1.21 bits per heavy atom. The number of nitrogens with one attached hydrogen (secondary N) is 3. The van der Waals surface area contributed by atoms with Gasteiger partial charge in [-0.15, -0.1) is 24.0 Å². The molecule has 0 spiro atoms. The standard InChI is InChI=1S/C21H26FN5O.HI/c1-15(28-17-8-5-7-16(22)13-17)14-25-21(23-2)24-12-6-11-20-26-18-9-3-4-10-19(18)27-20;/h3-5,7-10,13,15H,6,11-12,14H2,1-2H3,(H,26,27)(H2,23,24,25);1H. The molecule has 8 heteroatoms. The van der Waals surface area contributed by atoms with E-state index in [0.717, 1.165) is 36.2 Å². The molecule has 0 radical (unpaired) electrons. The first-order valence-corrected chi connectivity index (χ1v) is 9.44. The second-order valence-corrected chi connectivity index (χ2v) is 6.57. The third kappa shape index (κ3) is 7.19. The minimum atomic E-state index is -0.306. The van der Waals surface area contributed by atoms with Crippen LogP contribution in [-0.4, -0.2) is 42.2 Å². The predicted octanol–water partition coefficient (Wildman–Crippen LogP) is 3.89. The zero-order valence-electron chi connectivity index (χ0n) is 16.6. The van der Waals surface area contributed by atoms with Crippen LogP contribution < -0.4 is 15.4 Å². The molecule has 3 N–H and O–H groups in total. The highest BCUT2D eigenvalue weighted by atomic mass is 127. The second kappa shape index (κ2) is 11.6. The molecule has 29 heavy (non-hydrogen) atoms. The molecule has 0 aliphatic carbocycles. The van der Waals surface area contributed by atoms with E-state index in [-0.39, 0.29) is 35.9 Å². The number of H-pyrrole nitrogens is 1. The molecule has 0 bridgehead atoms. The maximum Gasteiger partial charge on any atom is 0.191 e. The summed E-state index contributed by atoms with van der Waals surface area (Å²) in [6.45, 7) is 3.25. The number of para-hydroxylation sites is 2. The van der Waals surface area contributed by atoms with Gasteiger partial charge in [0.1, 0.15) is 23.5 Å². The topological polar surface area (TPSA) is 74.3 Å². The Balaban J connectivity index is 0.00000300. The molecule has 0 fully saturated rings. The molecule has 6 nitrogen and oxygen atoms in total. The van der Waals surface area contributed by atoms with Crippen molar-refractivity contribution in [2.45, 2.75) is 25.9 Å². The quantitative estimate of drug-likeness (QED) is 0.186. The van der Waals surface area contributed by atoms with Gasteiger partial charge in [0.15, 0.2) is 5.96 Å². The molecule has 0 saturated carbocycles. The van der Waals surface area contributed by atoms with Crippen LogP contribution in [0.2, 0.25) is 0 Å². The van der Waals surface area contributed by atoms with Crippen LogP contribution in [0.15, 0.2) is 53.5 Å². The van der Waals surface area contributed by atoms with E-state index in [0.29, 0.717) is 18.3 Å². The first kappa shape index (κ1) is 22.9. The third-order valence-electron chi connectivity index (χ3n) is 4.24. The Kier molecular flexibility index (Phi) is 9.17. The van der Waals surface area contributed by atoms with Crippen molar-refractivity contribution < 1.29 is 9.13 Å². The Bertz CT molecular complexity index is 897. The van der Waals surface area contributed by atoms with E-state index < -0.39 is 0 Å². The Labute approximate surface area is 187 Å². The first-order chi connectivity index (χ1) is 13.6. The molecule has 1 heterocycles. The van der Waals surface area contributed by atoms with Gasteiger partial charge in [0, 0.05) is 26.1 Å². The van der Waals surface area contributed by atoms with Gasteiger partial charge in [-0.3, -0.25) is 4.99 Å². The molecule has 0 aliphatic rings. The lowest BCUT2D eigenvalue weighted by Crippen LogP contribution is -2.42. The van der Waals surface area contributed by atoms with Crippen molar-refractivity contribution in [3.05, 3.63) is 60.2 Å². The van der Waals surface area contributed by atoms with E-state index in [4.69, 9.17) is 4.74 Å². The monoisotopic (exact) mass is 511 g/mol. The van der Waals surface area contributed by atoms with Gasteiger partial charge < -0.3 is 20.4 Å². The van der Waals surface area contributed by atoms with Gasteiger partial charge in [-0.1, -0.05) is 18.2 Å². The minimum Gasteiger partial charge on any atom is -0.489 e. The summed E-state index contributed by atoms with van der Waals surface area (Å²) in [5.41, 5.74) is 2.06. The highest BCUT2D eigenvalue weighted by Crippen LogP contribution is 2.13. The number of ether oxygens (including phenoxy) is 1. The number of aryl methyl sites for hydroxylation is 1. The van der Waals surface area contributed by atoms with Gasteiger partial charge in [0.05, 0.1) is 17.6 Å². The average molecular weight is 511 g/mol. The van der Waals surface area contributed by atoms with Crippen molar-refractivity contribution in [2.75, 3.05) is 20.1 Å². The zero-order valence-corrected chi connectivity index (χ0v) is 18.9. The van der Waals surface area contributed by atoms with Gasteiger partial charge in [-0.2, -0.15) is 0 Å². The van der Waals surface area contributed by atoms with Crippen LogP contribution in [-0.2, 0) is 6.42 Å². The molecule has 0 aliphatic heterocycles. The lowest BCUT2D eigenvalue weighted by atomic mass is 10.3. The highest BCUT2D eigenvalue weighted by Gasteiger charge is 2.07. The second-order valence-electron chi connectivity index (χ2n) is 6.57. The summed E-state index contributed by atoms with van der Waals surface area (Å²) in [4.78, 5) is 12.1. The Morgan fingerprint density at radius 3 is 2.79 bits per heavy atom. The van der Waals surface area contributed by atoms with Crippen LogP contribution >= 0.6 is 24.0 Å². The van der Waals surface area contributed by atoms with Crippen LogP contribution in [0.4, 0.5) is 4.39 Å². The summed E-state index contributed by atoms with van der Waals surface area (Å²) in [5, 5.41) is 6.50. The molecule has 0 amide bonds. The third-order valence-corrected chi connectivity index (χ3v) is 4.24. The van der Waals surface area contributed by atoms with Crippen LogP contribution in [0.25, 0.3) is 11.0 Å². The zero-order chi connectivity index (χ0) is 19.8. The average Bonchev–Trinajstić information content (AvgIpc) is 3.10. The van der Waals surface area contributed by atoms with Crippen molar-refractivity contribution in [3.8, 4) is 5.75 Å². The number of aliphatic imine (C=N–C) groups is 1. The lowest BCUT2D eigenvalue weighted by molar-refractivity contribution is 0.223. The van der Waals surface area contributed by atoms with E-state index in [1.54, 1.807) is 19.2 Å². The van der Waals surface area contributed by atoms with Crippen molar-refractivity contribution >= 4 is 41.0 Å². The Hall–Kier alpha value is -2.36. The van der Waals surface area contributed by atoms with E-state index >= 15 is 0 Å². The SMILES string of the molecule is CN=C(NCCCc1nc2ccccc2[nH]1)NCC(C)Oc1cccc(F)c1.I. The number of aromatic nitrogens is 2. The van der Waals surface area contributed by atoms with E-state index in [1.165, 1.54) is 12.1 Å². The highest BCUT2D eigenvalue weighted by molar-refractivity contribution is 14.0. The molecule has 1 atom stereocenters. The number of rotatable bonds is 8. The molecule has 156 valence electrons. The van der Waals surface area contributed by atoms with Gasteiger partial charge in [-0.05, 0) is 37.6 Å². The summed E-state index contributed by atoms with van der Waals surface area (Å²) in [7, 11) is 1.73. The van der Waals surface area contributed by atoms with Crippen LogP contribution in [0.3, 0.4) is 0 Å². The fraction of sp³-hybridized carbons (Fsp3) is 0.333. The molecule has 0 saturated heterocycles. The van der Waals surface area contributed by atoms with Crippen molar-refractivity contribution in [3.63, 3.8) is 0 Å². The van der Waals surface area contributed by atoms with Crippen LogP contribution in [0, 0.1) is 5.82 Å². The predicted molar refractivity (Wildman–Crippen MR) is 126 cm³/mol. The molecular formula is C21H27FIN5O. The summed E-state index contributed by atoms with van der Waals surface area (Å²) >= 11 is 0. The molecule has 1 unspecified atom stereocenters. The number of guanidine groups is 1. The number of nitrogens with zero attached hydrogens (tertiary/aromatic N) is 2. The van der Waals surface area contributed by atoms with E-state index in [9.17, 15) is 4.39 Å². The number of fused-ring (bicyclic) bond motifs is 1. The Morgan fingerprint density at radius 2 is 2.03 bits per heavy atom. The molecular weight excluding hydrogens is 484 g/mol. The lowest BCUT2D eigenvalue weighted by Gasteiger charge is -2.17. The van der Waals surface area contributed by atoms with Gasteiger partial charge in [-0.25, -0.2) is 9.37 Å². The summed E-state index contributed by atoms with van der Waals surface area (Å²) in [5.74, 6) is 1.91. The number of benzene rings is 2. The van der Waals surface area contributed by atoms with Gasteiger partial charge >= 0.3 is 0 Å². The molecule has 1 aromatic heterocycles. The number of hydrogen-bond acceptors (Lipinski definition) is 3. The van der Waals surface area contributed by atoms with Crippen LogP contribution in [0.1, 0.15) is 19.2 Å². The maximum atomic E-state index is 13.2. The largest absolute Gasteiger partial charge is 0.489 e. The minimum absolute atomic E-state index is 0. The van der Waals surface area contributed by atoms with Crippen LogP contribution in [0.5, 0.6) is 5.75 Å². The number of aromatic amines is 1. The van der Waals surface area contributed by atoms with Gasteiger partial charge in [0.25, 0.3) is 0 Å². The summed E-state index contributed by atoms with van der Waals surface area (Å²) < 4.78 is 18.9. The van der Waals surface area contributed by atoms with Crippen molar-refractivity contribution in [2.24, 2.45) is 4.99 Å². The fourth-order valence-corrected chi connectivity index (χ4v) is 2.86. The normalized spacial score (nSPS) is 12.3. The number of imidazole rings is 1. The van der Waals surface area contributed by atoms with E-state index in [2.05, 4.69) is 25.6 Å². The van der Waals surface area contributed by atoms with Crippen molar-refractivity contribution in [1.82, 2.24) is 20.6 Å². The first-order valence-electron chi connectivity index (χ1n) is 9.44.